The number of phenolic OH excluding ortho intramolecular Hbond substituents is 4. The number of rotatable bonds is 18. The van der Waals surface area contributed by atoms with Crippen molar-refractivity contribution in [3.63, 3.8) is 0 Å². The first kappa shape index (κ1) is 77.8. The molecule has 0 bridgehead atoms. The Morgan fingerprint density at radius 3 is 1.29 bits per heavy atom. The van der Waals surface area contributed by atoms with E-state index in [0.29, 0.717) is 100 Å². The molecule has 21 nitrogen and oxygen atoms in total. The van der Waals surface area contributed by atoms with Crippen molar-refractivity contribution in [3.8, 4) is 40.2 Å². The van der Waals surface area contributed by atoms with Crippen molar-refractivity contribution in [1.82, 2.24) is 40.5 Å². The predicted octanol–water partition coefficient (Wildman–Crippen LogP) is 18.8. The van der Waals surface area contributed by atoms with E-state index in [9.17, 15) is 34.8 Å². The van der Waals surface area contributed by atoms with Crippen LogP contribution < -0.4 is 35.5 Å². The molecule has 0 radical (unpaired) electrons. The number of hydrogen-bond donors (Lipinski definition) is 8. The van der Waals surface area contributed by atoms with E-state index in [-0.39, 0.29) is 47.6 Å². The topological polar surface area (TPSA) is 295 Å². The number of ether oxygens (including phenoxy) is 4. The molecule has 576 valence electrons. The Bertz CT molecular complexity index is 6180. The number of fused-ring (bicyclic) bond motifs is 5. The molecular formula is C94H77ClN10O11. The molecule has 17 rings (SSSR count). The van der Waals surface area contributed by atoms with Crippen molar-refractivity contribution in [2.75, 3.05) is 31.6 Å². The van der Waals surface area contributed by atoms with E-state index >= 15 is 0 Å². The van der Waals surface area contributed by atoms with Gasteiger partial charge in [0, 0.05) is 96.1 Å². The average Bonchev–Trinajstić information content (AvgIpc) is 0.950. The third-order valence-electron chi connectivity index (χ3n) is 19.4. The van der Waals surface area contributed by atoms with Gasteiger partial charge in [0.15, 0.2) is 11.5 Å². The third kappa shape index (κ3) is 17.8. The van der Waals surface area contributed by atoms with E-state index in [4.69, 9.17) is 30.5 Å². The number of aromatic nitrogens is 6. The zero-order valence-electron chi connectivity index (χ0n) is 63.2. The van der Waals surface area contributed by atoms with Crippen LogP contribution in [0.2, 0.25) is 5.02 Å². The number of phenols is 4. The standard InChI is InChI=1S/C24H21N3O3.C24H20N2O3.C23H17ClN2O2.C23H19N3O3/c1-15-6-7-17-12-13-19(23(28)22(17)26-15)21(27-20-5-3-4-14-25-20)16-8-10-18(11-9-16)24(29)30-2;1-29-19-12-9-17(10-13-19)21(26-24(28)18-6-3-2-4-7-18)20-14-11-16-8-5-15-25-22(16)23(20)27;24-19-11-5-4-10-17(19)21(26-23(28)16-7-2-1-3-8-16)18-13-12-15-9-6-14-25-20(15)22(18)27;1-14-5-6-15-7-9-17(23(27)22(15)25-14)21(26-20-4-2-3-11-24-20)16-8-10-18-19(12-16)29-13-28-18/h3-14,21,28H,1-2H3,(H,25,27);2-15,21,27H,1H3,(H,26,28);1-14,21,27H,(H,26,28);2-12,21,27H,13H2,1H3,(H,24,26). The Morgan fingerprint density at radius 1 is 0.379 bits per heavy atom. The number of carbonyl (C=O) groups is 3. The highest BCUT2D eigenvalue weighted by molar-refractivity contribution is 6.31. The lowest BCUT2D eigenvalue weighted by molar-refractivity contribution is 0.0600. The molecule has 0 saturated heterocycles. The molecule has 1 aliphatic heterocycles. The van der Waals surface area contributed by atoms with Gasteiger partial charge in [0.1, 0.15) is 62.5 Å². The molecule has 0 aliphatic carbocycles. The van der Waals surface area contributed by atoms with Crippen LogP contribution >= 0.6 is 11.6 Å². The molecule has 2 amide bonds. The van der Waals surface area contributed by atoms with Crippen molar-refractivity contribution in [2.45, 2.75) is 38.0 Å². The van der Waals surface area contributed by atoms with Crippen molar-refractivity contribution >= 4 is 84.6 Å². The lowest BCUT2D eigenvalue weighted by Gasteiger charge is -2.22. The lowest BCUT2D eigenvalue weighted by Crippen LogP contribution is -2.29. The summed E-state index contributed by atoms with van der Waals surface area (Å²) in [4.78, 5) is 63.9. The predicted molar refractivity (Wildman–Crippen MR) is 449 cm³/mol. The van der Waals surface area contributed by atoms with Gasteiger partial charge in [0.25, 0.3) is 11.8 Å². The van der Waals surface area contributed by atoms with Crippen LogP contribution in [0.3, 0.4) is 0 Å². The zero-order valence-corrected chi connectivity index (χ0v) is 63.9. The maximum absolute atomic E-state index is 12.9. The number of halogens is 1. The molecule has 0 spiro atoms. The van der Waals surface area contributed by atoms with Gasteiger partial charge in [0.2, 0.25) is 6.79 Å². The molecule has 4 atom stereocenters. The first-order valence-electron chi connectivity index (χ1n) is 36.9. The highest BCUT2D eigenvalue weighted by Crippen LogP contribution is 2.43. The summed E-state index contributed by atoms with van der Waals surface area (Å²) in [5, 5.41) is 60.7. The van der Waals surface area contributed by atoms with E-state index in [1.807, 2.05) is 238 Å². The Hall–Kier alpha value is -15.0. The molecule has 10 aromatic carbocycles. The summed E-state index contributed by atoms with van der Waals surface area (Å²) in [6, 6.07) is 84.9. The number of nitrogens with zero attached hydrogens (tertiary/aromatic N) is 6. The third-order valence-corrected chi connectivity index (χ3v) is 19.8. The first-order valence-corrected chi connectivity index (χ1v) is 37.3. The summed E-state index contributed by atoms with van der Waals surface area (Å²) in [6.07, 6.45) is 6.69. The molecular weight excluding hydrogens is 1480 g/mol. The van der Waals surface area contributed by atoms with Gasteiger partial charge in [-0.1, -0.05) is 181 Å². The molecule has 1 aliphatic rings. The van der Waals surface area contributed by atoms with Crippen LogP contribution in [0.15, 0.2) is 310 Å². The number of hydrogen-bond acceptors (Lipinski definition) is 19. The number of aryl methyl sites for hydroxylation is 2. The molecule has 0 fully saturated rings. The molecule has 6 aromatic heterocycles. The van der Waals surface area contributed by atoms with Crippen LogP contribution in [0.4, 0.5) is 11.6 Å². The SMILES string of the molecule is COC(=O)c1ccc(C(Nc2ccccn2)c2ccc3ccc(C)nc3c2O)cc1.COc1ccc(C(NC(=O)c2ccccc2)c2ccc3cccnc3c2O)cc1.Cc1ccc2ccc(C(Nc3ccccn3)c3ccc4c(c3)OCO4)c(O)c2n1.O=C(NC(c1ccccc1Cl)c1ccc2cccnc2c1O)c1ccccc1. The summed E-state index contributed by atoms with van der Waals surface area (Å²) >= 11 is 6.42. The number of aromatic hydroxyl groups is 4. The monoisotopic (exact) mass is 1560 g/mol. The van der Waals surface area contributed by atoms with E-state index < -0.39 is 24.1 Å². The highest BCUT2D eigenvalue weighted by Gasteiger charge is 2.29. The van der Waals surface area contributed by atoms with Crippen molar-refractivity contribution in [2.24, 2.45) is 0 Å². The van der Waals surface area contributed by atoms with Crippen LogP contribution in [-0.2, 0) is 4.74 Å². The van der Waals surface area contributed by atoms with Gasteiger partial charge in [0.05, 0.1) is 44.0 Å². The van der Waals surface area contributed by atoms with Gasteiger partial charge in [-0.3, -0.25) is 19.6 Å². The number of amides is 2. The fourth-order valence-corrected chi connectivity index (χ4v) is 13.7. The molecule has 8 N–H and O–H groups in total. The Kier molecular flexibility index (Phi) is 24.1. The first-order chi connectivity index (χ1) is 56.6. The summed E-state index contributed by atoms with van der Waals surface area (Å²) in [6.45, 7) is 4.01. The quantitative estimate of drug-likeness (QED) is 0.0370. The molecule has 4 unspecified atom stereocenters. The molecule has 0 saturated carbocycles. The van der Waals surface area contributed by atoms with E-state index in [0.717, 1.165) is 49.6 Å². The van der Waals surface area contributed by atoms with Crippen LogP contribution in [0.25, 0.3) is 43.6 Å². The van der Waals surface area contributed by atoms with Gasteiger partial charge in [-0.05, 0) is 151 Å². The van der Waals surface area contributed by atoms with Gasteiger partial charge in [-0.2, -0.15) is 0 Å². The Labute approximate surface area is 672 Å². The average molecular weight is 1560 g/mol. The summed E-state index contributed by atoms with van der Waals surface area (Å²) in [5.41, 5.74) is 11.1. The largest absolute Gasteiger partial charge is 0.505 e. The summed E-state index contributed by atoms with van der Waals surface area (Å²) in [7, 11) is 2.95. The van der Waals surface area contributed by atoms with E-state index in [1.54, 1.807) is 92.6 Å². The second-order valence-electron chi connectivity index (χ2n) is 26.9. The number of benzene rings is 10. The van der Waals surface area contributed by atoms with Crippen LogP contribution in [0, 0.1) is 13.8 Å². The second-order valence-corrected chi connectivity index (χ2v) is 27.3. The van der Waals surface area contributed by atoms with Gasteiger partial charge >= 0.3 is 5.97 Å². The minimum Gasteiger partial charge on any atom is -0.505 e. The van der Waals surface area contributed by atoms with Crippen molar-refractivity contribution < 1.29 is 53.8 Å². The second kappa shape index (κ2) is 36.0. The molecule has 16 aromatic rings. The number of esters is 1. The molecule has 7 heterocycles. The minimum atomic E-state index is -0.632. The summed E-state index contributed by atoms with van der Waals surface area (Å²) in [5.74, 6) is 2.93. The Morgan fingerprint density at radius 2 is 0.793 bits per heavy atom. The van der Waals surface area contributed by atoms with Gasteiger partial charge in [-0.25, -0.2) is 24.7 Å². The highest BCUT2D eigenvalue weighted by atomic mass is 35.5. The van der Waals surface area contributed by atoms with Crippen molar-refractivity contribution in [3.05, 3.63) is 388 Å². The number of methoxy groups -OCH3 is 2. The van der Waals surface area contributed by atoms with Gasteiger partial charge in [-0.15, -0.1) is 0 Å². The maximum Gasteiger partial charge on any atom is 0.337 e. The fraction of sp³-hybridized carbons (Fsp3) is 0.0957. The lowest BCUT2D eigenvalue weighted by atomic mass is 9.95. The summed E-state index contributed by atoms with van der Waals surface area (Å²) < 4.78 is 21.0. The van der Waals surface area contributed by atoms with Crippen LogP contribution in [0.5, 0.6) is 40.2 Å². The van der Waals surface area contributed by atoms with Gasteiger partial charge < -0.3 is 60.6 Å². The van der Waals surface area contributed by atoms with Crippen molar-refractivity contribution in [1.29, 1.82) is 0 Å². The van der Waals surface area contributed by atoms with E-state index in [1.165, 1.54) is 7.11 Å². The molecule has 116 heavy (non-hydrogen) atoms. The van der Waals surface area contributed by atoms with Crippen LogP contribution in [-0.4, -0.2) is 89.1 Å². The van der Waals surface area contributed by atoms with Crippen LogP contribution in [0.1, 0.15) is 111 Å². The number of nitrogens with one attached hydrogen (secondary N) is 4. The number of carbonyl (C=O) groups excluding carboxylic acids is 3. The normalized spacial score (nSPS) is 12.2. The zero-order chi connectivity index (χ0) is 80.6. The van der Waals surface area contributed by atoms with E-state index in [2.05, 4.69) is 51.2 Å². The minimum absolute atomic E-state index is 0.0244. The smallest absolute Gasteiger partial charge is 0.337 e. The molecule has 22 heteroatoms. The fourth-order valence-electron chi connectivity index (χ4n) is 13.5. The maximum atomic E-state index is 12.9. The number of anilines is 2. The number of pyridine rings is 6. The Balaban J connectivity index is 0.000000128.